The summed E-state index contributed by atoms with van der Waals surface area (Å²) in [5, 5.41) is 3.50. The molecule has 4 aromatic rings. The number of amides is 1. The van der Waals surface area contributed by atoms with Gasteiger partial charge >= 0.3 is 5.97 Å². The predicted molar refractivity (Wildman–Crippen MR) is 125 cm³/mol. The Morgan fingerprint density at radius 2 is 1.47 bits per heavy atom. The number of carbonyl (C=O) groups is 4. The number of nitrogens with zero attached hydrogens (tertiary/aromatic N) is 1. The molecular formula is C27H18N2O5. The summed E-state index contributed by atoms with van der Waals surface area (Å²) in [6.45, 7) is 1.42. The number of aromatic nitrogens is 1. The lowest BCUT2D eigenvalue weighted by Gasteiger charge is -2.21. The maximum Gasteiger partial charge on any atom is 0.357 e. The van der Waals surface area contributed by atoms with Gasteiger partial charge in [0, 0.05) is 22.1 Å². The molecule has 7 heteroatoms. The Kier molecular flexibility index (Phi) is 5.22. The number of pyridine rings is 1. The van der Waals surface area contributed by atoms with E-state index in [4.69, 9.17) is 4.74 Å². The maximum atomic E-state index is 13.1. The number of anilines is 1. The van der Waals surface area contributed by atoms with Crippen LogP contribution in [0, 0.1) is 0 Å². The van der Waals surface area contributed by atoms with Crippen LogP contribution in [0.4, 0.5) is 5.69 Å². The fraction of sp³-hybridized carbons (Fsp3) is 0.0741. The largest absolute Gasteiger partial charge is 0.448 e. The second kappa shape index (κ2) is 8.37. The van der Waals surface area contributed by atoms with Crippen LogP contribution in [-0.2, 0) is 9.53 Å². The first-order valence-electron chi connectivity index (χ1n) is 10.6. The first kappa shape index (κ1) is 21.2. The third kappa shape index (κ3) is 3.63. The summed E-state index contributed by atoms with van der Waals surface area (Å²) >= 11 is 0. The van der Waals surface area contributed by atoms with Gasteiger partial charge in [-0.25, -0.2) is 9.78 Å². The van der Waals surface area contributed by atoms with Crippen molar-refractivity contribution in [3.8, 4) is 0 Å². The van der Waals surface area contributed by atoms with Crippen LogP contribution in [0.15, 0.2) is 78.9 Å². The molecule has 1 N–H and O–H groups in total. The van der Waals surface area contributed by atoms with Gasteiger partial charge in [0.1, 0.15) is 5.69 Å². The highest BCUT2D eigenvalue weighted by atomic mass is 16.5. The highest BCUT2D eigenvalue weighted by molar-refractivity contribution is 6.30. The number of para-hydroxylation sites is 1. The van der Waals surface area contributed by atoms with Gasteiger partial charge in [0.15, 0.2) is 17.7 Å². The van der Waals surface area contributed by atoms with Gasteiger partial charge in [0.05, 0.1) is 16.8 Å². The summed E-state index contributed by atoms with van der Waals surface area (Å²) in [6, 6.07) is 21.8. The van der Waals surface area contributed by atoms with Crippen LogP contribution in [0.1, 0.15) is 49.3 Å². The first-order valence-corrected chi connectivity index (χ1v) is 10.6. The van der Waals surface area contributed by atoms with Crippen molar-refractivity contribution in [2.45, 2.75) is 13.0 Å². The minimum Gasteiger partial charge on any atom is -0.448 e. The highest BCUT2D eigenvalue weighted by Gasteiger charge is 2.32. The van der Waals surface area contributed by atoms with Crippen LogP contribution >= 0.6 is 0 Å². The molecule has 0 unspecified atom stereocenters. The van der Waals surface area contributed by atoms with Crippen molar-refractivity contribution in [3.63, 3.8) is 0 Å². The van der Waals surface area contributed by atoms with Gasteiger partial charge < -0.3 is 10.1 Å². The van der Waals surface area contributed by atoms with Crippen LogP contribution in [0.3, 0.4) is 0 Å². The second-order valence-electron chi connectivity index (χ2n) is 7.86. The van der Waals surface area contributed by atoms with Crippen molar-refractivity contribution < 1.29 is 23.9 Å². The smallest absolute Gasteiger partial charge is 0.357 e. The molecule has 34 heavy (non-hydrogen) atoms. The SMILES string of the molecule is C[C@H](OC(=O)c1ccc2ccccc2n1)C(=O)Nc1cccc2c1C(=O)c1ccccc1C2=O. The Balaban J connectivity index is 1.36. The fourth-order valence-electron chi connectivity index (χ4n) is 3.94. The van der Waals surface area contributed by atoms with Crippen LogP contribution in [-0.4, -0.2) is 34.5 Å². The van der Waals surface area contributed by atoms with E-state index in [9.17, 15) is 19.2 Å². The van der Waals surface area contributed by atoms with E-state index in [1.807, 2.05) is 18.2 Å². The number of rotatable bonds is 4. The summed E-state index contributed by atoms with van der Waals surface area (Å²) < 4.78 is 5.30. The molecular weight excluding hydrogens is 432 g/mol. The summed E-state index contributed by atoms with van der Waals surface area (Å²) in [4.78, 5) is 55.6. The van der Waals surface area contributed by atoms with Crippen molar-refractivity contribution in [1.82, 2.24) is 4.98 Å². The van der Waals surface area contributed by atoms with Crippen LogP contribution in [0.2, 0.25) is 0 Å². The topological polar surface area (TPSA) is 102 Å². The summed E-state index contributed by atoms with van der Waals surface area (Å²) in [5.41, 5.74) is 1.83. The van der Waals surface area contributed by atoms with E-state index >= 15 is 0 Å². The van der Waals surface area contributed by atoms with Gasteiger partial charge in [-0.2, -0.15) is 0 Å². The minimum absolute atomic E-state index is 0.0767. The Morgan fingerprint density at radius 1 is 0.794 bits per heavy atom. The van der Waals surface area contributed by atoms with Gasteiger partial charge in [-0.3, -0.25) is 14.4 Å². The molecule has 1 aliphatic rings. The third-order valence-electron chi connectivity index (χ3n) is 5.67. The Hall–Kier alpha value is -4.65. The van der Waals surface area contributed by atoms with Gasteiger partial charge in [0.2, 0.25) is 0 Å². The van der Waals surface area contributed by atoms with E-state index in [0.29, 0.717) is 11.1 Å². The lowest BCUT2D eigenvalue weighted by molar-refractivity contribution is -0.123. The molecule has 0 radical (unpaired) electrons. The average Bonchev–Trinajstić information content (AvgIpc) is 2.86. The molecule has 1 heterocycles. The highest BCUT2D eigenvalue weighted by Crippen LogP contribution is 2.32. The number of ether oxygens (including phenoxy) is 1. The second-order valence-corrected chi connectivity index (χ2v) is 7.86. The summed E-state index contributed by atoms with van der Waals surface area (Å²) in [7, 11) is 0. The number of ketones is 2. The van der Waals surface area contributed by atoms with Crippen LogP contribution in [0.5, 0.6) is 0 Å². The molecule has 0 bridgehead atoms. The summed E-state index contributed by atoms with van der Waals surface area (Å²) in [5.74, 6) is -2.03. The van der Waals surface area contributed by atoms with Crippen LogP contribution in [0.25, 0.3) is 10.9 Å². The number of nitrogens with one attached hydrogen (secondary N) is 1. The van der Waals surface area contributed by atoms with Gasteiger partial charge in [-0.15, -0.1) is 0 Å². The zero-order chi connectivity index (χ0) is 23.8. The minimum atomic E-state index is -1.17. The molecule has 3 aromatic carbocycles. The van der Waals surface area contributed by atoms with Crippen molar-refractivity contribution in [3.05, 3.63) is 107 Å². The molecule has 1 aromatic heterocycles. The van der Waals surface area contributed by atoms with Crippen molar-refractivity contribution in [2.24, 2.45) is 0 Å². The lowest BCUT2D eigenvalue weighted by atomic mass is 9.83. The van der Waals surface area contributed by atoms with Crippen molar-refractivity contribution >= 4 is 40.0 Å². The molecule has 1 amide bonds. The normalized spacial score (nSPS) is 13.1. The zero-order valence-corrected chi connectivity index (χ0v) is 18.1. The van der Waals surface area contributed by atoms with Crippen molar-refractivity contribution in [1.29, 1.82) is 0 Å². The van der Waals surface area contributed by atoms with Crippen molar-refractivity contribution in [2.75, 3.05) is 5.32 Å². The number of fused-ring (bicyclic) bond motifs is 3. The molecule has 7 nitrogen and oxygen atoms in total. The molecule has 0 saturated carbocycles. The molecule has 0 fully saturated rings. The zero-order valence-electron chi connectivity index (χ0n) is 18.1. The number of benzene rings is 3. The van der Waals surface area contributed by atoms with Gasteiger partial charge in [-0.1, -0.05) is 60.7 Å². The summed E-state index contributed by atoms with van der Waals surface area (Å²) in [6.07, 6.45) is -1.17. The van der Waals surface area contributed by atoms with E-state index < -0.39 is 18.0 Å². The fourth-order valence-corrected chi connectivity index (χ4v) is 3.94. The molecule has 1 atom stereocenters. The third-order valence-corrected chi connectivity index (χ3v) is 5.67. The predicted octanol–water partition coefficient (Wildman–Crippen LogP) is 4.19. The van der Waals surface area contributed by atoms with E-state index in [2.05, 4.69) is 10.3 Å². The van der Waals surface area contributed by atoms with E-state index in [1.165, 1.54) is 19.1 Å². The first-order chi connectivity index (χ1) is 16.4. The van der Waals surface area contributed by atoms with Crippen LogP contribution < -0.4 is 5.32 Å². The number of carbonyl (C=O) groups excluding carboxylic acids is 4. The van der Waals surface area contributed by atoms with E-state index in [0.717, 1.165) is 5.39 Å². The maximum absolute atomic E-state index is 13.1. The average molecular weight is 450 g/mol. The van der Waals surface area contributed by atoms with E-state index in [-0.39, 0.29) is 39.6 Å². The van der Waals surface area contributed by atoms with Gasteiger partial charge in [-0.05, 0) is 25.1 Å². The molecule has 0 spiro atoms. The molecule has 166 valence electrons. The quantitative estimate of drug-likeness (QED) is 0.412. The molecule has 1 aliphatic carbocycles. The monoisotopic (exact) mass is 450 g/mol. The Labute approximate surface area is 194 Å². The van der Waals surface area contributed by atoms with Gasteiger partial charge in [0.25, 0.3) is 5.91 Å². The number of hydrogen-bond donors (Lipinski definition) is 1. The number of esters is 1. The standard InChI is InChI=1S/C27H18N2O5/c1-15(34-27(33)22-14-13-16-7-2-5-11-20(16)28-22)26(32)29-21-12-6-10-19-23(21)25(31)18-9-4-3-8-17(18)24(19)30/h2-15H,1H3,(H,29,32)/t15-/m0/s1. The van der Waals surface area contributed by atoms with E-state index in [1.54, 1.807) is 48.5 Å². The molecule has 5 rings (SSSR count). The Bertz CT molecular complexity index is 1510. The Morgan fingerprint density at radius 3 is 2.26 bits per heavy atom. The molecule has 0 saturated heterocycles. The molecule has 0 aliphatic heterocycles. The number of hydrogen-bond acceptors (Lipinski definition) is 6. The lowest BCUT2D eigenvalue weighted by Crippen LogP contribution is -2.31.